The number of carbonyl (C=O) groups excluding carboxylic acids is 1. The van der Waals surface area contributed by atoms with Crippen LogP contribution in [0.1, 0.15) is 5.56 Å². The van der Waals surface area contributed by atoms with Gasteiger partial charge in [0.1, 0.15) is 23.4 Å². The zero-order valence-corrected chi connectivity index (χ0v) is 19.4. The molecule has 0 saturated carbocycles. The van der Waals surface area contributed by atoms with Crippen molar-refractivity contribution in [3.63, 3.8) is 0 Å². The Hall–Kier alpha value is -3.14. The van der Waals surface area contributed by atoms with E-state index in [1.807, 2.05) is 6.07 Å². The Morgan fingerprint density at radius 3 is 2.24 bits per heavy atom. The van der Waals surface area contributed by atoms with E-state index in [0.29, 0.717) is 5.75 Å². The molecule has 0 saturated heterocycles. The summed E-state index contributed by atoms with van der Waals surface area (Å²) in [4.78, 5) is 13.0. The third kappa shape index (κ3) is 6.22. The molecule has 7 nitrogen and oxygen atoms in total. The third-order valence-electron chi connectivity index (χ3n) is 4.75. The summed E-state index contributed by atoms with van der Waals surface area (Å²) in [5.41, 5.74) is 0.989. The molecule has 0 bridgehead atoms. The van der Waals surface area contributed by atoms with Crippen molar-refractivity contribution in [2.24, 2.45) is 0 Å². The first-order valence-corrected chi connectivity index (χ1v) is 11.6. The molecular weight excluding hydrogens is 471 g/mol. The number of anilines is 1. The Balaban J connectivity index is 1.92. The van der Waals surface area contributed by atoms with Gasteiger partial charge in [0, 0.05) is 12.1 Å². The maximum absolute atomic E-state index is 13.2. The lowest BCUT2D eigenvalue weighted by atomic mass is 10.1. The minimum absolute atomic E-state index is 0.0696. The van der Waals surface area contributed by atoms with Crippen molar-refractivity contribution in [1.29, 1.82) is 0 Å². The van der Waals surface area contributed by atoms with Crippen molar-refractivity contribution in [3.8, 4) is 11.5 Å². The number of halogens is 2. The number of hydrogen-bond acceptors (Lipinski definition) is 5. The monoisotopic (exact) mass is 492 g/mol. The molecule has 0 spiro atoms. The van der Waals surface area contributed by atoms with E-state index in [0.717, 1.165) is 29.8 Å². The molecule has 0 radical (unpaired) electrons. The zero-order chi connectivity index (χ0) is 24.0. The molecular formula is C23H22ClFN2O5S. The molecule has 1 atom stereocenters. The topological polar surface area (TPSA) is 93.7 Å². The van der Waals surface area contributed by atoms with Crippen molar-refractivity contribution < 1.29 is 27.1 Å². The van der Waals surface area contributed by atoms with Crippen molar-refractivity contribution in [2.45, 2.75) is 17.4 Å². The fraction of sp³-hybridized carbons (Fsp3) is 0.174. The molecule has 3 aromatic carbocycles. The maximum atomic E-state index is 13.2. The number of hydrogen-bond donors (Lipinski definition) is 2. The number of rotatable bonds is 9. The molecule has 3 rings (SSSR count). The molecule has 10 heteroatoms. The van der Waals surface area contributed by atoms with E-state index in [1.165, 1.54) is 26.4 Å². The Morgan fingerprint density at radius 1 is 1.00 bits per heavy atom. The summed E-state index contributed by atoms with van der Waals surface area (Å²) >= 11 is 6.12. The Labute approximate surface area is 196 Å². The van der Waals surface area contributed by atoms with Gasteiger partial charge in [0.2, 0.25) is 15.9 Å². The van der Waals surface area contributed by atoms with Crippen LogP contribution in [0, 0.1) is 5.82 Å². The summed E-state index contributed by atoms with van der Waals surface area (Å²) in [5, 5.41) is 2.96. The molecule has 0 heterocycles. The fourth-order valence-electron chi connectivity index (χ4n) is 3.08. The van der Waals surface area contributed by atoms with Gasteiger partial charge in [0.15, 0.2) is 0 Å². The first-order valence-electron chi connectivity index (χ1n) is 9.77. The van der Waals surface area contributed by atoms with Gasteiger partial charge in [-0.2, -0.15) is 4.72 Å². The van der Waals surface area contributed by atoms with Crippen LogP contribution in [0.15, 0.2) is 71.6 Å². The summed E-state index contributed by atoms with van der Waals surface area (Å²) in [6, 6.07) is 15.0. The molecule has 0 aliphatic rings. The van der Waals surface area contributed by atoms with Gasteiger partial charge in [-0.25, -0.2) is 12.8 Å². The minimum Gasteiger partial charge on any atom is -0.495 e. The number of amides is 1. The number of methoxy groups -OCH3 is 2. The maximum Gasteiger partial charge on any atom is 0.243 e. The van der Waals surface area contributed by atoms with E-state index in [9.17, 15) is 17.6 Å². The second kappa shape index (κ2) is 10.7. The van der Waals surface area contributed by atoms with Crippen LogP contribution in [0.5, 0.6) is 11.5 Å². The van der Waals surface area contributed by atoms with Crippen LogP contribution in [0.2, 0.25) is 5.02 Å². The Bertz CT molecular complexity index is 1220. The molecule has 33 heavy (non-hydrogen) atoms. The highest BCUT2D eigenvalue weighted by atomic mass is 35.5. The fourth-order valence-corrected chi connectivity index (χ4v) is 4.51. The average Bonchev–Trinajstić information content (AvgIpc) is 2.80. The number of sulfonamides is 1. The van der Waals surface area contributed by atoms with Crippen molar-refractivity contribution in [2.75, 3.05) is 19.5 Å². The SMILES string of the molecule is COc1cc(NC(=O)C(Cc2ccccc2)NS(=O)(=O)c2ccc(F)cc2)c(OC)cc1Cl. The highest BCUT2D eigenvalue weighted by Crippen LogP contribution is 2.36. The molecule has 0 fully saturated rings. The first-order chi connectivity index (χ1) is 15.7. The number of ether oxygens (including phenoxy) is 2. The van der Waals surface area contributed by atoms with E-state index in [4.69, 9.17) is 21.1 Å². The standard InChI is InChI=1S/C23H22ClFN2O5S/c1-31-21-14-19(22(32-2)13-18(21)24)26-23(28)20(12-15-6-4-3-5-7-15)27-33(29,30)17-10-8-16(25)9-11-17/h3-11,13-14,20,27H,12H2,1-2H3,(H,26,28). The van der Waals surface area contributed by atoms with Crippen molar-refractivity contribution >= 4 is 33.2 Å². The van der Waals surface area contributed by atoms with Gasteiger partial charge in [0.05, 0.1) is 29.8 Å². The Morgan fingerprint density at radius 2 is 1.64 bits per heavy atom. The van der Waals surface area contributed by atoms with Gasteiger partial charge in [-0.1, -0.05) is 41.9 Å². The highest BCUT2D eigenvalue weighted by Gasteiger charge is 2.27. The molecule has 0 aromatic heterocycles. The van der Waals surface area contributed by atoms with Crippen LogP contribution >= 0.6 is 11.6 Å². The predicted octanol–water partition coefficient (Wildman–Crippen LogP) is 4.02. The van der Waals surface area contributed by atoms with Crippen molar-refractivity contribution in [3.05, 3.63) is 83.1 Å². The summed E-state index contributed by atoms with van der Waals surface area (Å²) < 4.78 is 51.9. The molecule has 174 valence electrons. The predicted molar refractivity (Wildman–Crippen MR) is 124 cm³/mol. The smallest absolute Gasteiger partial charge is 0.243 e. The van der Waals surface area contributed by atoms with Crippen LogP contribution in [0.3, 0.4) is 0 Å². The van der Waals surface area contributed by atoms with Gasteiger partial charge in [-0.05, 0) is 36.2 Å². The number of carbonyl (C=O) groups is 1. The normalized spacial score (nSPS) is 12.1. The minimum atomic E-state index is -4.12. The van der Waals surface area contributed by atoms with Crippen LogP contribution < -0.4 is 19.5 Å². The average molecular weight is 493 g/mol. The molecule has 0 aliphatic carbocycles. The van der Waals surface area contributed by atoms with Gasteiger partial charge in [0.25, 0.3) is 0 Å². The Kier molecular flexibility index (Phi) is 7.91. The van der Waals surface area contributed by atoms with E-state index >= 15 is 0 Å². The number of benzene rings is 3. The van der Waals surface area contributed by atoms with Crippen LogP contribution in [0.4, 0.5) is 10.1 Å². The summed E-state index contributed by atoms with van der Waals surface area (Å²) in [7, 11) is -1.29. The van der Waals surface area contributed by atoms with Gasteiger partial charge >= 0.3 is 0 Å². The molecule has 2 N–H and O–H groups in total. The summed E-state index contributed by atoms with van der Waals surface area (Å²) in [6.07, 6.45) is 0.0696. The van der Waals surface area contributed by atoms with E-state index in [-0.39, 0.29) is 27.8 Å². The lowest BCUT2D eigenvalue weighted by Crippen LogP contribution is -2.45. The zero-order valence-electron chi connectivity index (χ0n) is 17.8. The lowest BCUT2D eigenvalue weighted by molar-refractivity contribution is -0.117. The van der Waals surface area contributed by atoms with Gasteiger partial charge in [-0.3, -0.25) is 4.79 Å². The second-order valence-corrected chi connectivity index (χ2v) is 9.11. The summed E-state index contributed by atoms with van der Waals surface area (Å²) in [5.74, 6) is -0.628. The molecule has 1 unspecified atom stereocenters. The largest absolute Gasteiger partial charge is 0.495 e. The molecule has 3 aromatic rings. The van der Waals surface area contributed by atoms with Gasteiger partial charge < -0.3 is 14.8 Å². The van der Waals surface area contributed by atoms with Crippen molar-refractivity contribution in [1.82, 2.24) is 4.72 Å². The quantitative estimate of drug-likeness (QED) is 0.470. The van der Waals surface area contributed by atoms with Gasteiger partial charge in [-0.15, -0.1) is 0 Å². The third-order valence-corrected chi connectivity index (χ3v) is 6.54. The number of nitrogens with one attached hydrogen (secondary N) is 2. The van der Waals surface area contributed by atoms with Crippen LogP contribution in [0.25, 0.3) is 0 Å². The summed E-state index contributed by atoms with van der Waals surface area (Å²) in [6.45, 7) is 0. The lowest BCUT2D eigenvalue weighted by Gasteiger charge is -2.20. The highest BCUT2D eigenvalue weighted by molar-refractivity contribution is 7.89. The van der Waals surface area contributed by atoms with E-state index < -0.39 is 27.8 Å². The van der Waals surface area contributed by atoms with Crippen LogP contribution in [-0.4, -0.2) is 34.6 Å². The second-order valence-electron chi connectivity index (χ2n) is 6.99. The van der Waals surface area contributed by atoms with Crippen LogP contribution in [-0.2, 0) is 21.2 Å². The molecule has 0 aliphatic heterocycles. The first kappa shape index (κ1) is 24.5. The van der Waals surface area contributed by atoms with E-state index in [1.54, 1.807) is 24.3 Å². The molecule has 1 amide bonds. The van der Waals surface area contributed by atoms with E-state index in [2.05, 4.69) is 10.0 Å².